The summed E-state index contributed by atoms with van der Waals surface area (Å²) in [6.07, 6.45) is 0. The molecule has 2 rings (SSSR count). The molecule has 4 heteroatoms. The maximum Gasteiger partial charge on any atom is 0.134 e. The van der Waals surface area contributed by atoms with Crippen LogP contribution in [0, 0.1) is 5.82 Å². The molecule has 0 unspecified atom stereocenters. The van der Waals surface area contributed by atoms with Gasteiger partial charge in [0, 0.05) is 18.7 Å². The van der Waals surface area contributed by atoms with E-state index < -0.39 is 0 Å². The minimum absolute atomic E-state index is 0.233. The van der Waals surface area contributed by atoms with Gasteiger partial charge in [0.15, 0.2) is 0 Å². The number of hydrogen-bond donors (Lipinski definition) is 1. The molecule has 0 aliphatic rings. The van der Waals surface area contributed by atoms with Crippen molar-refractivity contribution in [3.8, 4) is 11.3 Å². The van der Waals surface area contributed by atoms with E-state index in [-0.39, 0.29) is 5.82 Å². The Kier molecular flexibility index (Phi) is 5.96. The molecular weight excluding hydrogens is 267 g/mol. The lowest BCUT2D eigenvalue weighted by Gasteiger charge is -2.17. The number of rotatable bonds is 8. The van der Waals surface area contributed by atoms with E-state index in [1.165, 1.54) is 12.1 Å². The molecule has 0 spiro atoms. The summed E-state index contributed by atoms with van der Waals surface area (Å²) in [4.78, 5) is 2.37. The fourth-order valence-electron chi connectivity index (χ4n) is 2.23. The predicted octanol–water partition coefficient (Wildman–Crippen LogP) is 3.52. The summed E-state index contributed by atoms with van der Waals surface area (Å²) in [5.74, 6) is 1.44. The van der Waals surface area contributed by atoms with E-state index in [0.29, 0.717) is 6.54 Å². The third-order valence-corrected chi connectivity index (χ3v) is 3.59. The monoisotopic (exact) mass is 290 g/mol. The van der Waals surface area contributed by atoms with Crippen molar-refractivity contribution < 1.29 is 8.81 Å². The Morgan fingerprint density at radius 2 is 1.76 bits per heavy atom. The molecular formula is C17H23FN2O. The highest BCUT2D eigenvalue weighted by atomic mass is 19.1. The van der Waals surface area contributed by atoms with E-state index in [4.69, 9.17) is 4.42 Å². The SMILES string of the molecule is CCN(CC)CCNCc1ccc(-c2ccc(F)cc2)o1. The summed E-state index contributed by atoms with van der Waals surface area (Å²) in [5.41, 5.74) is 0.894. The van der Waals surface area contributed by atoms with E-state index in [9.17, 15) is 4.39 Å². The van der Waals surface area contributed by atoms with Crippen LogP contribution in [-0.4, -0.2) is 31.1 Å². The highest BCUT2D eigenvalue weighted by Gasteiger charge is 2.05. The molecule has 0 bridgehead atoms. The van der Waals surface area contributed by atoms with Crippen molar-refractivity contribution in [1.82, 2.24) is 10.2 Å². The summed E-state index contributed by atoms with van der Waals surface area (Å²) < 4.78 is 18.7. The largest absolute Gasteiger partial charge is 0.460 e. The van der Waals surface area contributed by atoms with Gasteiger partial charge in [0.2, 0.25) is 0 Å². The number of halogens is 1. The first-order chi connectivity index (χ1) is 10.2. The first kappa shape index (κ1) is 15.7. The van der Waals surface area contributed by atoms with Crippen LogP contribution in [0.5, 0.6) is 0 Å². The Balaban J connectivity index is 1.82. The van der Waals surface area contributed by atoms with E-state index in [0.717, 1.165) is 43.3 Å². The summed E-state index contributed by atoms with van der Waals surface area (Å²) in [6.45, 7) is 9.19. The lowest BCUT2D eigenvalue weighted by atomic mass is 10.2. The van der Waals surface area contributed by atoms with Crippen molar-refractivity contribution in [3.63, 3.8) is 0 Å². The lowest BCUT2D eigenvalue weighted by Crippen LogP contribution is -2.31. The zero-order valence-electron chi connectivity index (χ0n) is 12.7. The van der Waals surface area contributed by atoms with Crippen molar-refractivity contribution in [2.75, 3.05) is 26.2 Å². The van der Waals surface area contributed by atoms with Crippen molar-refractivity contribution in [1.29, 1.82) is 0 Å². The van der Waals surface area contributed by atoms with Crippen molar-refractivity contribution in [2.24, 2.45) is 0 Å². The van der Waals surface area contributed by atoms with Crippen molar-refractivity contribution in [3.05, 3.63) is 48.0 Å². The Hall–Kier alpha value is -1.65. The zero-order valence-corrected chi connectivity index (χ0v) is 12.7. The molecule has 114 valence electrons. The quantitative estimate of drug-likeness (QED) is 0.754. The lowest BCUT2D eigenvalue weighted by molar-refractivity contribution is 0.300. The summed E-state index contributed by atoms with van der Waals surface area (Å²) >= 11 is 0. The van der Waals surface area contributed by atoms with Gasteiger partial charge in [0.05, 0.1) is 6.54 Å². The van der Waals surface area contributed by atoms with Gasteiger partial charge in [-0.1, -0.05) is 13.8 Å². The average molecular weight is 290 g/mol. The van der Waals surface area contributed by atoms with Gasteiger partial charge in [0.1, 0.15) is 17.3 Å². The molecule has 0 radical (unpaired) electrons. The molecule has 1 aromatic heterocycles. The number of nitrogens with zero attached hydrogens (tertiary/aromatic N) is 1. The molecule has 0 fully saturated rings. The first-order valence-electron chi connectivity index (χ1n) is 7.50. The van der Waals surface area contributed by atoms with Crippen molar-refractivity contribution >= 4 is 0 Å². The Morgan fingerprint density at radius 3 is 2.43 bits per heavy atom. The highest BCUT2D eigenvalue weighted by molar-refractivity contribution is 5.57. The molecule has 0 atom stereocenters. The Morgan fingerprint density at radius 1 is 1.05 bits per heavy atom. The molecule has 2 aromatic rings. The second-order valence-electron chi connectivity index (χ2n) is 4.98. The second-order valence-corrected chi connectivity index (χ2v) is 4.98. The van der Waals surface area contributed by atoms with Gasteiger partial charge in [-0.05, 0) is 49.5 Å². The van der Waals surface area contributed by atoms with Crippen LogP contribution >= 0.6 is 0 Å². The first-order valence-corrected chi connectivity index (χ1v) is 7.50. The number of benzene rings is 1. The van der Waals surface area contributed by atoms with Gasteiger partial charge in [-0.2, -0.15) is 0 Å². The van der Waals surface area contributed by atoms with Crippen LogP contribution < -0.4 is 5.32 Å². The number of nitrogens with one attached hydrogen (secondary N) is 1. The van der Waals surface area contributed by atoms with Crippen LogP contribution in [0.3, 0.4) is 0 Å². The zero-order chi connectivity index (χ0) is 15.1. The minimum atomic E-state index is -0.233. The fraction of sp³-hybridized carbons (Fsp3) is 0.412. The Labute approximate surface area is 125 Å². The van der Waals surface area contributed by atoms with E-state index in [2.05, 4.69) is 24.1 Å². The van der Waals surface area contributed by atoms with Crippen LogP contribution in [0.25, 0.3) is 11.3 Å². The number of likely N-dealkylation sites (N-methyl/N-ethyl adjacent to an activating group) is 1. The predicted molar refractivity (Wildman–Crippen MR) is 83.6 cm³/mol. The van der Waals surface area contributed by atoms with E-state index >= 15 is 0 Å². The van der Waals surface area contributed by atoms with Crippen LogP contribution in [0.2, 0.25) is 0 Å². The molecule has 0 amide bonds. The molecule has 1 heterocycles. The van der Waals surface area contributed by atoms with Crippen LogP contribution in [0.1, 0.15) is 19.6 Å². The van der Waals surface area contributed by atoms with Gasteiger partial charge in [0.25, 0.3) is 0 Å². The van der Waals surface area contributed by atoms with Gasteiger partial charge in [-0.15, -0.1) is 0 Å². The van der Waals surface area contributed by atoms with Crippen molar-refractivity contribution in [2.45, 2.75) is 20.4 Å². The second kappa shape index (κ2) is 7.96. The van der Waals surface area contributed by atoms with Gasteiger partial charge in [-0.25, -0.2) is 4.39 Å². The van der Waals surface area contributed by atoms with Crippen LogP contribution in [0.15, 0.2) is 40.8 Å². The Bertz CT molecular complexity index is 532. The molecule has 1 N–H and O–H groups in total. The molecule has 0 saturated carbocycles. The third-order valence-electron chi connectivity index (χ3n) is 3.59. The van der Waals surface area contributed by atoms with Crippen LogP contribution in [-0.2, 0) is 6.54 Å². The average Bonchev–Trinajstić information content (AvgIpc) is 2.97. The molecule has 1 aromatic carbocycles. The highest BCUT2D eigenvalue weighted by Crippen LogP contribution is 2.22. The third kappa shape index (κ3) is 4.69. The summed E-state index contributed by atoms with van der Waals surface area (Å²) in [6, 6.07) is 10.2. The van der Waals surface area contributed by atoms with Gasteiger partial charge >= 0.3 is 0 Å². The molecule has 3 nitrogen and oxygen atoms in total. The molecule has 0 aliphatic carbocycles. The molecule has 0 aliphatic heterocycles. The molecule has 21 heavy (non-hydrogen) atoms. The van der Waals surface area contributed by atoms with E-state index in [1.54, 1.807) is 12.1 Å². The summed E-state index contributed by atoms with van der Waals surface area (Å²) in [5, 5.41) is 3.38. The minimum Gasteiger partial charge on any atom is -0.460 e. The summed E-state index contributed by atoms with van der Waals surface area (Å²) in [7, 11) is 0. The topological polar surface area (TPSA) is 28.4 Å². The maximum absolute atomic E-state index is 12.9. The van der Waals surface area contributed by atoms with E-state index in [1.807, 2.05) is 12.1 Å². The van der Waals surface area contributed by atoms with Gasteiger partial charge in [-0.3, -0.25) is 0 Å². The van der Waals surface area contributed by atoms with Crippen LogP contribution in [0.4, 0.5) is 4.39 Å². The normalized spacial score (nSPS) is 11.2. The standard InChI is InChI=1S/C17H23FN2O/c1-3-20(4-2)12-11-19-13-16-9-10-17(21-16)14-5-7-15(18)8-6-14/h5-10,19H,3-4,11-13H2,1-2H3. The van der Waals surface area contributed by atoms with Gasteiger partial charge < -0.3 is 14.6 Å². The smallest absolute Gasteiger partial charge is 0.134 e. The maximum atomic E-state index is 12.9. The molecule has 0 saturated heterocycles. The number of furan rings is 1. The number of hydrogen-bond acceptors (Lipinski definition) is 3. The fourth-order valence-corrected chi connectivity index (χ4v) is 2.23.